The SMILES string of the molecule is O=NN(CS(=O)(=O)O)c1ccccc1. The summed E-state index contributed by atoms with van der Waals surface area (Å²) in [6.45, 7) is 0. The van der Waals surface area contributed by atoms with Crippen molar-refractivity contribution in [1.82, 2.24) is 0 Å². The zero-order valence-corrected chi connectivity index (χ0v) is 7.88. The molecule has 7 heteroatoms. The second-order valence-corrected chi connectivity index (χ2v) is 3.95. The maximum absolute atomic E-state index is 10.5. The minimum atomic E-state index is -4.25. The average Bonchev–Trinajstić information content (AvgIpc) is 2.14. The second kappa shape index (κ2) is 4.16. The molecule has 14 heavy (non-hydrogen) atoms. The number of rotatable bonds is 4. The van der Waals surface area contributed by atoms with Crippen LogP contribution in [0, 0.1) is 4.91 Å². The van der Waals surface area contributed by atoms with Crippen molar-refractivity contribution >= 4 is 15.8 Å². The van der Waals surface area contributed by atoms with Crippen LogP contribution in [-0.4, -0.2) is 18.8 Å². The van der Waals surface area contributed by atoms with Crippen molar-refractivity contribution in [2.75, 3.05) is 10.9 Å². The van der Waals surface area contributed by atoms with Crippen molar-refractivity contribution in [2.24, 2.45) is 5.29 Å². The lowest BCUT2D eigenvalue weighted by Crippen LogP contribution is -2.23. The fourth-order valence-corrected chi connectivity index (χ4v) is 1.41. The van der Waals surface area contributed by atoms with Gasteiger partial charge in [-0.15, -0.1) is 4.91 Å². The third-order valence-electron chi connectivity index (χ3n) is 1.44. The third kappa shape index (κ3) is 3.11. The maximum Gasteiger partial charge on any atom is 0.285 e. The van der Waals surface area contributed by atoms with E-state index in [1.807, 2.05) is 0 Å². The molecular formula is C7H8N2O4S. The van der Waals surface area contributed by atoms with Crippen LogP contribution in [0.15, 0.2) is 35.6 Å². The van der Waals surface area contributed by atoms with Crippen LogP contribution in [0.4, 0.5) is 5.69 Å². The van der Waals surface area contributed by atoms with Gasteiger partial charge in [0.1, 0.15) is 0 Å². The molecule has 0 unspecified atom stereocenters. The molecule has 0 bridgehead atoms. The van der Waals surface area contributed by atoms with Gasteiger partial charge >= 0.3 is 0 Å². The minimum Gasteiger partial charge on any atom is -0.284 e. The molecule has 0 aromatic heterocycles. The number of anilines is 1. The Labute approximate surface area is 80.8 Å². The quantitative estimate of drug-likeness (QED) is 0.461. The normalized spacial score (nSPS) is 10.9. The number of hydrogen-bond donors (Lipinski definition) is 1. The zero-order chi connectivity index (χ0) is 10.6. The molecule has 0 saturated heterocycles. The summed E-state index contributed by atoms with van der Waals surface area (Å²) in [4.78, 5) is 10.3. The van der Waals surface area contributed by atoms with Crippen molar-refractivity contribution in [3.05, 3.63) is 35.2 Å². The second-order valence-electron chi connectivity index (χ2n) is 2.53. The van der Waals surface area contributed by atoms with E-state index < -0.39 is 16.0 Å². The van der Waals surface area contributed by atoms with Crippen molar-refractivity contribution in [3.63, 3.8) is 0 Å². The van der Waals surface area contributed by atoms with Gasteiger partial charge in [-0.1, -0.05) is 18.2 Å². The Hall–Kier alpha value is -1.47. The summed E-state index contributed by atoms with van der Waals surface area (Å²) in [5.74, 6) is -0.847. The monoisotopic (exact) mass is 216 g/mol. The molecule has 0 radical (unpaired) electrons. The van der Waals surface area contributed by atoms with E-state index in [0.717, 1.165) is 0 Å². The summed E-state index contributed by atoms with van der Waals surface area (Å²) in [6.07, 6.45) is 0. The van der Waals surface area contributed by atoms with Crippen molar-refractivity contribution in [3.8, 4) is 0 Å². The summed E-state index contributed by atoms with van der Waals surface area (Å²) in [6, 6.07) is 7.97. The largest absolute Gasteiger partial charge is 0.285 e. The number of benzene rings is 1. The van der Waals surface area contributed by atoms with Crippen LogP contribution in [0.1, 0.15) is 0 Å². The van der Waals surface area contributed by atoms with Crippen LogP contribution >= 0.6 is 0 Å². The Morgan fingerprint density at radius 3 is 2.29 bits per heavy atom. The van der Waals surface area contributed by atoms with Crippen LogP contribution in [0.3, 0.4) is 0 Å². The first-order valence-electron chi connectivity index (χ1n) is 3.64. The van der Waals surface area contributed by atoms with E-state index in [-0.39, 0.29) is 0 Å². The molecule has 0 saturated carbocycles. The zero-order valence-electron chi connectivity index (χ0n) is 7.07. The summed E-state index contributed by atoms with van der Waals surface area (Å²) in [5.41, 5.74) is 0.306. The molecule has 76 valence electrons. The predicted octanol–water partition coefficient (Wildman–Crippen LogP) is 1.02. The fourth-order valence-electron chi connectivity index (χ4n) is 0.900. The first-order chi connectivity index (χ1) is 6.53. The molecular weight excluding hydrogens is 208 g/mol. The molecule has 0 amide bonds. The van der Waals surface area contributed by atoms with Crippen LogP contribution in [0.2, 0.25) is 0 Å². The highest BCUT2D eigenvalue weighted by Gasteiger charge is 2.14. The van der Waals surface area contributed by atoms with Crippen LogP contribution in [0.5, 0.6) is 0 Å². The standard InChI is InChI=1S/C7H8N2O4S/c10-8-9(6-14(11,12)13)7-4-2-1-3-5-7/h1-5H,6H2,(H,11,12,13). The van der Waals surface area contributed by atoms with Crippen molar-refractivity contribution in [2.45, 2.75) is 0 Å². The van der Waals surface area contributed by atoms with E-state index in [2.05, 4.69) is 5.29 Å². The average molecular weight is 216 g/mol. The first-order valence-corrected chi connectivity index (χ1v) is 5.25. The first kappa shape index (κ1) is 10.6. The summed E-state index contributed by atoms with van der Waals surface area (Å²) >= 11 is 0. The molecule has 0 spiro atoms. The third-order valence-corrected chi connectivity index (χ3v) is 2.01. The lowest BCUT2D eigenvalue weighted by molar-refractivity contribution is 0.481. The molecule has 1 rings (SSSR count). The van der Waals surface area contributed by atoms with E-state index in [9.17, 15) is 13.3 Å². The van der Waals surface area contributed by atoms with Crippen LogP contribution < -0.4 is 5.01 Å². The lowest BCUT2D eigenvalue weighted by Gasteiger charge is -2.12. The Morgan fingerprint density at radius 1 is 1.29 bits per heavy atom. The van der Waals surface area contributed by atoms with E-state index >= 15 is 0 Å². The Balaban J connectivity index is 2.89. The van der Waals surface area contributed by atoms with Gasteiger partial charge in [-0.25, -0.2) is 5.01 Å². The molecule has 0 aliphatic carbocycles. The number of nitrogens with zero attached hydrogens (tertiary/aromatic N) is 2. The Kier molecular flexibility index (Phi) is 3.15. The van der Waals surface area contributed by atoms with Gasteiger partial charge in [0.25, 0.3) is 10.1 Å². The van der Waals surface area contributed by atoms with Gasteiger partial charge in [0.2, 0.25) is 0 Å². The van der Waals surface area contributed by atoms with Gasteiger partial charge in [-0.2, -0.15) is 8.42 Å². The topological polar surface area (TPSA) is 87.0 Å². The molecule has 0 atom stereocenters. The molecule has 0 fully saturated rings. The lowest BCUT2D eigenvalue weighted by atomic mass is 10.3. The summed E-state index contributed by atoms with van der Waals surface area (Å²) in [5, 5.41) is 3.14. The van der Waals surface area contributed by atoms with Gasteiger partial charge < -0.3 is 0 Å². The van der Waals surface area contributed by atoms with Gasteiger partial charge in [0.05, 0.1) is 11.0 Å². The molecule has 0 heterocycles. The van der Waals surface area contributed by atoms with Gasteiger partial charge in [-0.05, 0) is 12.1 Å². The highest BCUT2D eigenvalue weighted by atomic mass is 32.2. The fraction of sp³-hybridized carbons (Fsp3) is 0.143. The van der Waals surface area contributed by atoms with Gasteiger partial charge in [0.15, 0.2) is 5.88 Å². The predicted molar refractivity (Wildman–Crippen MR) is 51.1 cm³/mol. The van der Waals surface area contributed by atoms with Crippen LogP contribution in [0.25, 0.3) is 0 Å². The Morgan fingerprint density at radius 2 is 1.86 bits per heavy atom. The molecule has 1 N–H and O–H groups in total. The summed E-state index contributed by atoms with van der Waals surface area (Å²) in [7, 11) is -4.25. The van der Waals surface area contributed by atoms with E-state index in [1.54, 1.807) is 18.2 Å². The van der Waals surface area contributed by atoms with Crippen molar-refractivity contribution in [1.29, 1.82) is 0 Å². The Bertz CT molecular complexity index is 403. The number of para-hydroxylation sites is 1. The highest BCUT2D eigenvalue weighted by Crippen LogP contribution is 2.13. The van der Waals surface area contributed by atoms with Crippen molar-refractivity contribution < 1.29 is 13.0 Å². The van der Waals surface area contributed by atoms with Gasteiger partial charge in [0, 0.05) is 0 Å². The van der Waals surface area contributed by atoms with E-state index in [1.165, 1.54) is 12.1 Å². The van der Waals surface area contributed by atoms with Crippen LogP contribution in [-0.2, 0) is 10.1 Å². The molecule has 1 aromatic carbocycles. The highest BCUT2D eigenvalue weighted by molar-refractivity contribution is 7.85. The van der Waals surface area contributed by atoms with E-state index in [4.69, 9.17) is 4.55 Å². The maximum atomic E-state index is 10.5. The summed E-state index contributed by atoms with van der Waals surface area (Å²) < 4.78 is 29.5. The molecule has 6 nitrogen and oxygen atoms in total. The number of hydrogen-bond acceptors (Lipinski definition) is 4. The molecule has 0 aliphatic heterocycles. The molecule has 1 aromatic rings. The van der Waals surface area contributed by atoms with E-state index in [0.29, 0.717) is 10.7 Å². The number of nitroso groups, excluding NO2 is 1. The molecule has 0 aliphatic rings. The van der Waals surface area contributed by atoms with Gasteiger partial charge in [-0.3, -0.25) is 4.55 Å². The minimum absolute atomic E-state index is 0.306. The smallest absolute Gasteiger partial charge is 0.284 e.